The number of aliphatic hydroxyl groups excluding tert-OH is 1. The van der Waals surface area contributed by atoms with Gasteiger partial charge in [-0.15, -0.1) is 0 Å². The standard InChI is InChI=1S/C58H81ClN8O17S2/c1-33(2)20-38-24-41(69)28-61-54(79)39(21-36-6-11-48(71)43(59)22-36)26-50(73)47-27-42(70)29-67(47)57(82)45(32-86-85-31-34(3)62-56(38)81)64-55(80)37(7-13-52(75)76)25-49(72)44(23-35-4-8-40(68)9-5-35)63-51(74)12-10-46(58(83)84)66-17-15-60-14-16-65(18-19-66)30-53(77)78/h4-6,8-9,11,22,33-34,37-39,42,44-47,60,68,70-71H,7,10,12-21,23-32H2,1-3H3,(H,61,79)(H,62,81)(H,63,74)(H,64,80)(H,75,76)(H,77,78)(H,83,84)/t34-,37+,38-,39-,42-,44+,45+,46?,47+/m1/s1. The number of aliphatic hydroxyl groups is 1. The molecule has 1 unspecified atom stereocenters. The quantitative estimate of drug-likeness (QED) is 0.0747. The van der Waals surface area contributed by atoms with E-state index in [-0.39, 0.29) is 105 Å². The molecular weight excluding hydrogens is 1180 g/mol. The minimum atomic E-state index is -1.48. The van der Waals surface area contributed by atoms with E-state index in [2.05, 4.69) is 26.6 Å². The van der Waals surface area contributed by atoms with Gasteiger partial charge < -0.3 is 62.1 Å². The average Bonchev–Trinajstić information content (AvgIpc) is 3.39. The number of Topliss-reactive ketones (excluding diaryl/α,β-unsaturated/α-hetero) is 3. The molecule has 9 atom stereocenters. The number of aliphatic carboxylic acids is 3. The molecule has 2 aromatic rings. The number of phenolic OH excluding ortho intramolecular Hbond substituents is 2. The Morgan fingerprint density at radius 2 is 1.51 bits per heavy atom. The lowest BCUT2D eigenvalue weighted by Gasteiger charge is -2.30. The molecule has 2 aromatic carbocycles. The number of hydrogen-bond acceptors (Lipinski definition) is 19. The summed E-state index contributed by atoms with van der Waals surface area (Å²) < 4.78 is 0. The molecule has 3 heterocycles. The van der Waals surface area contributed by atoms with Crippen molar-refractivity contribution in [2.45, 2.75) is 128 Å². The molecular formula is C58H81ClN8O17S2. The predicted octanol–water partition coefficient (Wildman–Crippen LogP) is 1.65. The van der Waals surface area contributed by atoms with Gasteiger partial charge in [-0.05, 0) is 80.3 Å². The lowest BCUT2D eigenvalue weighted by atomic mass is 9.90. The van der Waals surface area contributed by atoms with Gasteiger partial charge >= 0.3 is 17.9 Å². The Morgan fingerprint density at radius 1 is 0.814 bits per heavy atom. The van der Waals surface area contributed by atoms with Gasteiger partial charge in [0.25, 0.3) is 0 Å². The summed E-state index contributed by atoms with van der Waals surface area (Å²) in [6.45, 7) is 6.42. The number of fused-ring (bicyclic) bond motifs is 1. The van der Waals surface area contributed by atoms with Crippen molar-refractivity contribution < 1.29 is 83.4 Å². The van der Waals surface area contributed by atoms with Crippen molar-refractivity contribution in [3.8, 4) is 11.5 Å². The average molecular weight is 1260 g/mol. The number of ketones is 3. The topological polar surface area (TPSA) is 379 Å². The van der Waals surface area contributed by atoms with E-state index in [0.717, 1.165) is 15.7 Å². The summed E-state index contributed by atoms with van der Waals surface area (Å²) in [7, 11) is 2.35. The maximum absolute atomic E-state index is 14.9. The number of amides is 5. The number of carboxylic acids is 3. The van der Waals surface area contributed by atoms with Crippen LogP contribution in [0.1, 0.15) is 89.7 Å². The number of carbonyl (C=O) groups excluding carboxylic acids is 8. The van der Waals surface area contributed by atoms with Crippen molar-refractivity contribution in [1.29, 1.82) is 0 Å². The third-order valence-corrected chi connectivity index (χ3v) is 18.1. The van der Waals surface area contributed by atoms with Crippen LogP contribution < -0.4 is 26.6 Å². The molecule has 5 rings (SSSR count). The Hall–Kier alpha value is -6.36. The first-order chi connectivity index (χ1) is 40.8. The van der Waals surface area contributed by atoms with Crippen molar-refractivity contribution in [2.24, 2.45) is 23.7 Å². The van der Waals surface area contributed by atoms with E-state index < -0.39 is 151 Å². The molecule has 3 aliphatic heterocycles. The molecule has 0 saturated carbocycles. The van der Waals surface area contributed by atoms with Crippen LogP contribution in [-0.2, 0) is 65.6 Å². The minimum absolute atomic E-state index is 0.0155. The van der Waals surface area contributed by atoms with E-state index in [1.165, 1.54) is 53.3 Å². The van der Waals surface area contributed by atoms with Crippen molar-refractivity contribution in [3.05, 3.63) is 58.6 Å². The highest BCUT2D eigenvalue weighted by Gasteiger charge is 2.43. The first-order valence-corrected chi connectivity index (χ1v) is 31.7. The smallest absolute Gasteiger partial charge is 0.320 e. The fourth-order valence-electron chi connectivity index (χ4n) is 10.7. The number of nitrogens with zero attached hydrogens (tertiary/aromatic N) is 3. The number of benzene rings is 2. The fourth-order valence-corrected chi connectivity index (χ4v) is 13.3. The molecule has 86 heavy (non-hydrogen) atoms. The molecule has 11 N–H and O–H groups in total. The molecule has 5 amide bonds. The molecule has 0 aromatic heterocycles. The number of carboxylic acid groups (broad SMARTS) is 3. The molecule has 474 valence electrons. The summed E-state index contributed by atoms with van der Waals surface area (Å²) in [6, 6.07) is 4.08. The molecule has 3 saturated heterocycles. The summed E-state index contributed by atoms with van der Waals surface area (Å²) in [4.78, 5) is 154. The van der Waals surface area contributed by atoms with Crippen LogP contribution in [0.15, 0.2) is 42.5 Å². The highest BCUT2D eigenvalue weighted by molar-refractivity contribution is 8.76. The third-order valence-electron chi connectivity index (χ3n) is 15.2. The highest BCUT2D eigenvalue weighted by Crippen LogP contribution is 2.30. The van der Waals surface area contributed by atoms with Gasteiger partial charge in [-0.2, -0.15) is 0 Å². The SMILES string of the molecule is CC(C)C[C@@H]1CC(=O)CNC(=O)[C@H](Cc2ccc(O)c(Cl)c2)CC(=O)[C@@H]2C[C@@H](O)CN2C(=O)[C@@H](NC(=O)[C@@H](CCC(=O)O)CC(=O)[C@H](Cc2ccc(O)cc2)NC(=O)CCC(C(=O)O)N2CCNCCN(CC(=O)O)CC2)CSSC[C@@H](C)NC1=O. The van der Waals surface area contributed by atoms with Crippen LogP contribution in [0.5, 0.6) is 11.5 Å². The minimum Gasteiger partial charge on any atom is -0.508 e. The second-order valence-electron chi connectivity index (χ2n) is 22.7. The molecule has 0 bridgehead atoms. The Balaban J connectivity index is 1.42. The number of rotatable bonds is 22. The summed E-state index contributed by atoms with van der Waals surface area (Å²) in [5.41, 5.74) is 0.903. The van der Waals surface area contributed by atoms with Crippen molar-refractivity contribution >= 4 is 98.0 Å². The van der Waals surface area contributed by atoms with Crippen LogP contribution in [0.25, 0.3) is 0 Å². The van der Waals surface area contributed by atoms with Crippen molar-refractivity contribution in [2.75, 3.05) is 70.4 Å². The summed E-state index contributed by atoms with van der Waals surface area (Å²) in [5, 5.41) is 74.9. The zero-order valence-corrected chi connectivity index (χ0v) is 51.0. The lowest BCUT2D eigenvalue weighted by molar-refractivity contribution is -0.144. The zero-order valence-electron chi connectivity index (χ0n) is 48.6. The third kappa shape index (κ3) is 23.4. The van der Waals surface area contributed by atoms with Crippen LogP contribution in [0.2, 0.25) is 5.02 Å². The van der Waals surface area contributed by atoms with Crippen LogP contribution in [0, 0.1) is 23.7 Å². The molecule has 0 aliphatic carbocycles. The van der Waals surface area contributed by atoms with Crippen LogP contribution in [-0.4, -0.2) is 217 Å². The van der Waals surface area contributed by atoms with E-state index in [1.807, 2.05) is 13.8 Å². The molecule has 28 heteroatoms. The van der Waals surface area contributed by atoms with Gasteiger partial charge in [-0.3, -0.25) is 62.5 Å². The number of phenols is 2. The number of hydrogen-bond donors (Lipinski definition) is 11. The largest absolute Gasteiger partial charge is 0.508 e. The fraction of sp³-hybridized carbons (Fsp3) is 0.603. The van der Waals surface area contributed by atoms with Gasteiger partial charge in [0.05, 0.1) is 36.3 Å². The predicted molar refractivity (Wildman–Crippen MR) is 319 cm³/mol. The Kier molecular flexibility index (Phi) is 28.5. The van der Waals surface area contributed by atoms with E-state index in [9.17, 15) is 83.4 Å². The van der Waals surface area contributed by atoms with E-state index >= 15 is 0 Å². The van der Waals surface area contributed by atoms with Gasteiger partial charge in [0.15, 0.2) is 17.3 Å². The summed E-state index contributed by atoms with van der Waals surface area (Å²) in [6.07, 6.45) is -4.43. The van der Waals surface area contributed by atoms with Crippen molar-refractivity contribution in [1.82, 2.24) is 41.3 Å². The lowest BCUT2D eigenvalue weighted by Crippen LogP contribution is -2.54. The van der Waals surface area contributed by atoms with E-state index in [1.54, 1.807) is 16.7 Å². The number of carbonyl (C=O) groups is 11. The van der Waals surface area contributed by atoms with Gasteiger partial charge in [0.2, 0.25) is 29.5 Å². The van der Waals surface area contributed by atoms with E-state index in [0.29, 0.717) is 37.2 Å². The summed E-state index contributed by atoms with van der Waals surface area (Å²) in [5.74, 6) is -12.6. The highest BCUT2D eigenvalue weighted by atomic mass is 35.5. The van der Waals surface area contributed by atoms with Gasteiger partial charge in [-0.25, -0.2) is 0 Å². The van der Waals surface area contributed by atoms with Crippen LogP contribution >= 0.6 is 33.2 Å². The second-order valence-corrected chi connectivity index (χ2v) is 25.7. The van der Waals surface area contributed by atoms with Gasteiger partial charge in [0.1, 0.15) is 23.6 Å². The van der Waals surface area contributed by atoms with Crippen LogP contribution in [0.3, 0.4) is 0 Å². The Morgan fingerprint density at radius 3 is 2.19 bits per heavy atom. The zero-order chi connectivity index (χ0) is 63.2. The molecule has 0 radical (unpaired) electrons. The molecule has 25 nitrogen and oxygen atoms in total. The molecule has 0 spiro atoms. The normalized spacial score (nSPS) is 23.3. The molecule has 3 fully saturated rings. The first kappa shape index (κ1) is 70.4. The van der Waals surface area contributed by atoms with Crippen molar-refractivity contribution in [3.63, 3.8) is 0 Å². The van der Waals surface area contributed by atoms with Gasteiger partial charge in [0, 0.05) is 120 Å². The maximum atomic E-state index is 14.9. The maximum Gasteiger partial charge on any atom is 0.320 e. The monoisotopic (exact) mass is 1260 g/mol. The van der Waals surface area contributed by atoms with Gasteiger partial charge in [-0.1, -0.05) is 65.2 Å². The van der Waals surface area contributed by atoms with E-state index in [4.69, 9.17) is 11.6 Å². The first-order valence-electron chi connectivity index (χ1n) is 28.8. The Labute approximate surface area is 512 Å². The second kappa shape index (κ2) is 34.8. The van der Waals surface area contributed by atoms with Crippen LogP contribution in [0.4, 0.5) is 0 Å². The Bertz CT molecular complexity index is 2730. The molecule has 3 aliphatic rings. The number of aromatic hydroxyl groups is 2. The number of halogens is 1. The number of nitrogens with one attached hydrogen (secondary N) is 5. The summed E-state index contributed by atoms with van der Waals surface area (Å²) >= 11 is 6.21.